The molecule has 0 aromatic heterocycles. The van der Waals surface area contributed by atoms with Gasteiger partial charge in [-0.15, -0.1) is 0 Å². The summed E-state index contributed by atoms with van der Waals surface area (Å²) in [5.74, 6) is 0. The number of rotatable bonds is 7. The predicted molar refractivity (Wildman–Crippen MR) is 81.7 cm³/mol. The van der Waals surface area contributed by atoms with Crippen molar-refractivity contribution in [3.63, 3.8) is 0 Å². The van der Waals surface area contributed by atoms with Gasteiger partial charge in [0.2, 0.25) is 0 Å². The third-order valence-corrected chi connectivity index (χ3v) is 3.31. The van der Waals surface area contributed by atoms with Crippen molar-refractivity contribution in [3.05, 3.63) is 35.9 Å². The van der Waals surface area contributed by atoms with Crippen molar-refractivity contribution in [2.75, 3.05) is 13.6 Å². The van der Waals surface area contributed by atoms with Crippen molar-refractivity contribution in [1.82, 2.24) is 10.2 Å². The number of nitrogens with zero attached hydrogens (tertiary/aromatic N) is 1. The van der Waals surface area contributed by atoms with Gasteiger partial charge in [0, 0.05) is 19.6 Å². The molecule has 1 rings (SSSR count). The minimum absolute atomic E-state index is 0.0776. The van der Waals surface area contributed by atoms with Crippen molar-refractivity contribution in [1.29, 1.82) is 0 Å². The molecular formula is C16H26N2O2. The van der Waals surface area contributed by atoms with Gasteiger partial charge in [-0.05, 0) is 38.7 Å². The maximum Gasteiger partial charge on any atom is 0.317 e. The van der Waals surface area contributed by atoms with Crippen LogP contribution in [0.2, 0.25) is 0 Å². The number of aryl methyl sites for hydroxylation is 1. The summed E-state index contributed by atoms with van der Waals surface area (Å²) >= 11 is 0. The standard InChI is InChI=1S/C16H26N2O2/c1-13(9-10-15-7-5-4-6-8-15)17-16(20)18(3)12-11-14(2)19/h4-8,13-14,19H,9-12H2,1-3H3,(H,17,20). The molecule has 0 bridgehead atoms. The number of amides is 2. The van der Waals surface area contributed by atoms with Gasteiger partial charge in [0.25, 0.3) is 0 Å². The van der Waals surface area contributed by atoms with Crippen LogP contribution in [0.1, 0.15) is 32.3 Å². The maximum atomic E-state index is 11.9. The van der Waals surface area contributed by atoms with Gasteiger partial charge in [-0.3, -0.25) is 0 Å². The number of aliphatic hydroxyl groups excluding tert-OH is 1. The van der Waals surface area contributed by atoms with E-state index in [-0.39, 0.29) is 18.2 Å². The normalized spacial score (nSPS) is 13.6. The first-order valence-corrected chi connectivity index (χ1v) is 7.22. The van der Waals surface area contributed by atoms with E-state index in [1.54, 1.807) is 18.9 Å². The third kappa shape index (κ3) is 6.57. The molecule has 0 aliphatic carbocycles. The highest BCUT2D eigenvalue weighted by molar-refractivity contribution is 5.74. The number of benzene rings is 1. The van der Waals surface area contributed by atoms with E-state index >= 15 is 0 Å². The molecular weight excluding hydrogens is 252 g/mol. The summed E-state index contributed by atoms with van der Waals surface area (Å²) in [6.45, 7) is 4.31. The summed E-state index contributed by atoms with van der Waals surface area (Å²) in [5.41, 5.74) is 1.29. The van der Waals surface area contributed by atoms with Crippen molar-refractivity contribution in [3.8, 4) is 0 Å². The lowest BCUT2D eigenvalue weighted by Gasteiger charge is -2.22. The van der Waals surface area contributed by atoms with Gasteiger partial charge >= 0.3 is 6.03 Å². The molecule has 112 valence electrons. The van der Waals surface area contributed by atoms with E-state index in [9.17, 15) is 9.90 Å². The Balaban J connectivity index is 2.27. The Labute approximate surface area is 121 Å². The van der Waals surface area contributed by atoms with Crippen LogP contribution < -0.4 is 5.32 Å². The second-order valence-electron chi connectivity index (χ2n) is 5.43. The smallest absolute Gasteiger partial charge is 0.317 e. The highest BCUT2D eigenvalue weighted by atomic mass is 16.3. The quantitative estimate of drug-likeness (QED) is 0.805. The minimum atomic E-state index is -0.374. The molecule has 0 saturated carbocycles. The summed E-state index contributed by atoms with van der Waals surface area (Å²) in [4.78, 5) is 13.5. The van der Waals surface area contributed by atoms with Gasteiger partial charge in [0.15, 0.2) is 0 Å². The highest BCUT2D eigenvalue weighted by Gasteiger charge is 2.12. The Morgan fingerprint density at radius 2 is 1.90 bits per heavy atom. The van der Waals surface area contributed by atoms with E-state index in [0.717, 1.165) is 12.8 Å². The fourth-order valence-corrected chi connectivity index (χ4v) is 1.90. The maximum absolute atomic E-state index is 11.9. The van der Waals surface area contributed by atoms with Crippen LogP contribution in [0.4, 0.5) is 4.79 Å². The number of urea groups is 1. The molecule has 2 N–H and O–H groups in total. The van der Waals surface area contributed by atoms with Gasteiger partial charge in [-0.2, -0.15) is 0 Å². The Bertz CT molecular complexity index is 393. The van der Waals surface area contributed by atoms with Crippen molar-refractivity contribution >= 4 is 6.03 Å². The molecule has 0 heterocycles. The van der Waals surface area contributed by atoms with E-state index in [0.29, 0.717) is 13.0 Å². The SMILES string of the molecule is CC(O)CCN(C)C(=O)NC(C)CCc1ccccc1. The zero-order chi connectivity index (χ0) is 15.0. The molecule has 20 heavy (non-hydrogen) atoms. The fourth-order valence-electron chi connectivity index (χ4n) is 1.90. The number of carbonyl (C=O) groups is 1. The number of hydrogen-bond acceptors (Lipinski definition) is 2. The van der Waals surface area contributed by atoms with Crippen LogP contribution in [0, 0.1) is 0 Å². The second-order valence-corrected chi connectivity index (χ2v) is 5.43. The first kappa shape index (κ1) is 16.5. The van der Waals surface area contributed by atoms with Crippen LogP contribution in [0.15, 0.2) is 30.3 Å². The zero-order valence-corrected chi connectivity index (χ0v) is 12.7. The fraction of sp³-hybridized carbons (Fsp3) is 0.562. The van der Waals surface area contributed by atoms with Crippen LogP contribution in [0.5, 0.6) is 0 Å². The molecule has 4 heteroatoms. The number of hydrogen-bond donors (Lipinski definition) is 2. The molecule has 0 aliphatic rings. The molecule has 0 spiro atoms. The number of aliphatic hydroxyl groups is 1. The van der Waals surface area contributed by atoms with Gasteiger partial charge in [-0.1, -0.05) is 30.3 Å². The molecule has 1 aromatic carbocycles. The van der Waals surface area contributed by atoms with E-state index in [1.165, 1.54) is 5.56 Å². The van der Waals surface area contributed by atoms with Gasteiger partial charge in [0.1, 0.15) is 0 Å². The minimum Gasteiger partial charge on any atom is -0.393 e. The van der Waals surface area contributed by atoms with E-state index < -0.39 is 0 Å². The van der Waals surface area contributed by atoms with Crippen LogP contribution in [0.3, 0.4) is 0 Å². The lowest BCUT2D eigenvalue weighted by Crippen LogP contribution is -2.42. The van der Waals surface area contributed by atoms with Gasteiger partial charge in [0.05, 0.1) is 6.10 Å². The molecule has 4 nitrogen and oxygen atoms in total. The lowest BCUT2D eigenvalue weighted by atomic mass is 10.1. The predicted octanol–water partition coefficient (Wildman–Crippen LogP) is 2.42. The zero-order valence-electron chi connectivity index (χ0n) is 12.7. The van der Waals surface area contributed by atoms with Crippen LogP contribution in [0.25, 0.3) is 0 Å². The van der Waals surface area contributed by atoms with E-state index in [4.69, 9.17) is 0 Å². The number of nitrogens with one attached hydrogen (secondary N) is 1. The molecule has 0 aliphatic heterocycles. The summed E-state index contributed by atoms with van der Waals surface area (Å²) < 4.78 is 0. The summed E-state index contributed by atoms with van der Waals surface area (Å²) in [5, 5.41) is 12.2. The van der Waals surface area contributed by atoms with Crippen molar-refractivity contribution < 1.29 is 9.90 Å². The first-order valence-electron chi connectivity index (χ1n) is 7.22. The molecule has 1 aromatic rings. The van der Waals surface area contributed by atoms with Crippen LogP contribution >= 0.6 is 0 Å². The first-order chi connectivity index (χ1) is 9.49. The molecule has 2 amide bonds. The molecule has 2 unspecified atom stereocenters. The van der Waals surface area contributed by atoms with E-state index in [1.807, 2.05) is 25.1 Å². The van der Waals surface area contributed by atoms with Crippen molar-refractivity contribution in [2.24, 2.45) is 0 Å². The molecule has 0 fully saturated rings. The Morgan fingerprint density at radius 1 is 1.25 bits per heavy atom. The van der Waals surface area contributed by atoms with Gasteiger partial charge in [-0.25, -0.2) is 4.79 Å². The second kappa shape index (κ2) is 8.59. The lowest BCUT2D eigenvalue weighted by molar-refractivity contribution is 0.162. The van der Waals surface area contributed by atoms with E-state index in [2.05, 4.69) is 17.4 Å². The van der Waals surface area contributed by atoms with Crippen LogP contribution in [-0.4, -0.2) is 41.8 Å². The monoisotopic (exact) mass is 278 g/mol. The number of carbonyl (C=O) groups excluding carboxylic acids is 1. The Morgan fingerprint density at radius 3 is 2.50 bits per heavy atom. The summed E-state index contributed by atoms with van der Waals surface area (Å²) in [7, 11) is 1.75. The Hall–Kier alpha value is -1.55. The third-order valence-electron chi connectivity index (χ3n) is 3.31. The van der Waals surface area contributed by atoms with Crippen molar-refractivity contribution in [2.45, 2.75) is 45.3 Å². The average molecular weight is 278 g/mol. The highest BCUT2D eigenvalue weighted by Crippen LogP contribution is 2.05. The topological polar surface area (TPSA) is 52.6 Å². The largest absolute Gasteiger partial charge is 0.393 e. The molecule has 0 saturated heterocycles. The Kier molecular flexibility index (Phi) is 7.09. The molecule has 0 radical (unpaired) electrons. The summed E-state index contributed by atoms with van der Waals surface area (Å²) in [6, 6.07) is 10.3. The average Bonchev–Trinajstić information content (AvgIpc) is 2.43. The van der Waals surface area contributed by atoms with Gasteiger partial charge < -0.3 is 15.3 Å². The van der Waals surface area contributed by atoms with Crippen LogP contribution in [-0.2, 0) is 6.42 Å². The summed E-state index contributed by atoms with van der Waals surface area (Å²) in [6.07, 6.45) is 2.10. The molecule has 2 atom stereocenters.